The number of rotatable bonds is 6. The summed E-state index contributed by atoms with van der Waals surface area (Å²) >= 11 is 0. The number of carboxylic acid groups (broad SMARTS) is 1. The molecule has 9 nitrogen and oxygen atoms in total. The van der Waals surface area contributed by atoms with Crippen molar-refractivity contribution in [3.8, 4) is 0 Å². The minimum absolute atomic E-state index is 0.161. The van der Waals surface area contributed by atoms with Crippen LogP contribution in [0.5, 0.6) is 0 Å². The fourth-order valence-electron chi connectivity index (χ4n) is 2.72. The van der Waals surface area contributed by atoms with Crippen LogP contribution in [0.1, 0.15) is 38.6 Å². The van der Waals surface area contributed by atoms with E-state index >= 15 is 0 Å². The SMILES string of the molecule is COCc1cc(CN2CCC(NC(=O)OC(C)(C)C)(C(=O)O)C2)no1. The summed E-state index contributed by atoms with van der Waals surface area (Å²) in [5, 5.41) is 16.1. The molecule has 2 rings (SSSR count). The van der Waals surface area contributed by atoms with E-state index in [-0.39, 0.29) is 13.0 Å². The summed E-state index contributed by atoms with van der Waals surface area (Å²) in [7, 11) is 1.56. The van der Waals surface area contributed by atoms with Gasteiger partial charge < -0.3 is 24.4 Å². The zero-order chi connectivity index (χ0) is 18.7. The van der Waals surface area contributed by atoms with Gasteiger partial charge in [0.1, 0.15) is 12.2 Å². The van der Waals surface area contributed by atoms with Gasteiger partial charge in [-0.2, -0.15) is 0 Å². The van der Waals surface area contributed by atoms with Gasteiger partial charge in [-0.15, -0.1) is 0 Å². The van der Waals surface area contributed by atoms with Crippen LogP contribution in [-0.2, 0) is 27.4 Å². The number of nitrogens with one attached hydrogen (secondary N) is 1. The molecule has 1 aromatic heterocycles. The van der Waals surface area contributed by atoms with Gasteiger partial charge in [0.05, 0.1) is 5.69 Å². The first kappa shape index (κ1) is 19.2. The molecule has 0 spiro atoms. The van der Waals surface area contributed by atoms with Crippen molar-refractivity contribution in [3.63, 3.8) is 0 Å². The number of carbonyl (C=O) groups excluding carboxylic acids is 1. The molecule has 1 fully saturated rings. The summed E-state index contributed by atoms with van der Waals surface area (Å²) in [6.07, 6.45) is -0.453. The first-order valence-electron chi connectivity index (χ1n) is 8.04. The normalized spacial score (nSPS) is 21.3. The average Bonchev–Trinajstić information content (AvgIpc) is 3.06. The highest BCUT2D eigenvalue weighted by atomic mass is 16.6. The summed E-state index contributed by atoms with van der Waals surface area (Å²) < 4.78 is 15.3. The lowest BCUT2D eigenvalue weighted by Gasteiger charge is -2.28. The van der Waals surface area contributed by atoms with Crippen LogP contribution < -0.4 is 5.32 Å². The molecule has 2 N–H and O–H groups in total. The second-order valence-corrected chi connectivity index (χ2v) is 7.19. The molecule has 1 aliphatic heterocycles. The number of carboxylic acids is 1. The van der Waals surface area contributed by atoms with Gasteiger partial charge in [-0.05, 0) is 27.2 Å². The van der Waals surface area contributed by atoms with Gasteiger partial charge in [0.15, 0.2) is 11.3 Å². The van der Waals surface area contributed by atoms with E-state index < -0.39 is 23.2 Å². The molecule has 9 heteroatoms. The monoisotopic (exact) mass is 355 g/mol. The third-order valence-electron chi connectivity index (χ3n) is 3.78. The van der Waals surface area contributed by atoms with Crippen LogP contribution in [0.3, 0.4) is 0 Å². The molecule has 1 saturated heterocycles. The Kier molecular flexibility index (Phi) is 5.69. The minimum Gasteiger partial charge on any atom is -0.479 e. The molecule has 0 aromatic carbocycles. The van der Waals surface area contributed by atoms with Gasteiger partial charge in [0.2, 0.25) is 0 Å². The third kappa shape index (κ3) is 5.17. The number of methoxy groups -OCH3 is 1. The van der Waals surface area contributed by atoms with Crippen LogP contribution in [0.4, 0.5) is 4.79 Å². The number of alkyl carbamates (subject to hydrolysis) is 1. The van der Waals surface area contributed by atoms with Gasteiger partial charge in [0, 0.05) is 32.8 Å². The molecule has 0 radical (unpaired) electrons. The number of amides is 1. The lowest BCUT2D eigenvalue weighted by molar-refractivity contribution is -0.144. The fourth-order valence-corrected chi connectivity index (χ4v) is 2.72. The van der Waals surface area contributed by atoms with Gasteiger partial charge >= 0.3 is 12.1 Å². The van der Waals surface area contributed by atoms with Crippen LogP contribution >= 0.6 is 0 Å². The zero-order valence-corrected chi connectivity index (χ0v) is 15.0. The quantitative estimate of drug-likeness (QED) is 0.786. The molecule has 0 aliphatic carbocycles. The first-order valence-corrected chi connectivity index (χ1v) is 8.04. The van der Waals surface area contributed by atoms with Crippen LogP contribution in [-0.4, -0.2) is 58.6 Å². The van der Waals surface area contributed by atoms with Crippen molar-refractivity contribution in [1.82, 2.24) is 15.4 Å². The van der Waals surface area contributed by atoms with E-state index in [2.05, 4.69) is 10.5 Å². The maximum Gasteiger partial charge on any atom is 0.408 e. The highest BCUT2D eigenvalue weighted by Gasteiger charge is 2.47. The van der Waals surface area contributed by atoms with E-state index in [0.717, 1.165) is 0 Å². The van der Waals surface area contributed by atoms with Crippen LogP contribution in [0.2, 0.25) is 0 Å². The Morgan fingerprint density at radius 2 is 2.20 bits per heavy atom. The maximum absolute atomic E-state index is 12.0. The van der Waals surface area contributed by atoms with Crippen LogP contribution in [0, 0.1) is 0 Å². The fraction of sp³-hybridized carbons (Fsp3) is 0.688. The molecule has 140 valence electrons. The highest BCUT2D eigenvalue weighted by Crippen LogP contribution is 2.24. The Bertz CT molecular complexity index is 624. The van der Waals surface area contributed by atoms with E-state index in [4.69, 9.17) is 14.0 Å². The summed E-state index contributed by atoms with van der Waals surface area (Å²) in [4.78, 5) is 25.7. The zero-order valence-electron chi connectivity index (χ0n) is 15.0. The Morgan fingerprint density at radius 3 is 2.80 bits per heavy atom. The van der Waals surface area contributed by atoms with Crippen molar-refractivity contribution < 1.29 is 28.7 Å². The van der Waals surface area contributed by atoms with Crippen LogP contribution in [0.25, 0.3) is 0 Å². The van der Waals surface area contributed by atoms with Crippen molar-refractivity contribution in [2.75, 3.05) is 20.2 Å². The predicted molar refractivity (Wildman–Crippen MR) is 86.8 cm³/mol. The average molecular weight is 355 g/mol. The number of aliphatic carboxylic acids is 1. The molecule has 1 unspecified atom stereocenters. The summed E-state index contributed by atoms with van der Waals surface area (Å²) in [5.41, 5.74) is -1.38. The molecule has 1 amide bonds. The largest absolute Gasteiger partial charge is 0.479 e. The number of aromatic nitrogens is 1. The topological polar surface area (TPSA) is 114 Å². The smallest absolute Gasteiger partial charge is 0.408 e. The second-order valence-electron chi connectivity index (χ2n) is 7.19. The molecular weight excluding hydrogens is 330 g/mol. The minimum atomic E-state index is -1.37. The number of likely N-dealkylation sites (tertiary alicyclic amines) is 1. The van der Waals surface area contributed by atoms with Crippen LogP contribution in [0.15, 0.2) is 10.6 Å². The molecule has 1 aromatic rings. The van der Waals surface area contributed by atoms with E-state index in [9.17, 15) is 14.7 Å². The standard InChI is InChI=1S/C16H25N3O6/c1-15(2,3)24-14(22)17-16(13(20)21)5-6-19(10-16)8-11-7-12(9-23-4)25-18-11/h7H,5-6,8-10H2,1-4H3,(H,17,22)(H,20,21). The van der Waals surface area contributed by atoms with Crippen molar-refractivity contribution in [2.45, 2.75) is 51.5 Å². The van der Waals surface area contributed by atoms with E-state index in [1.807, 2.05) is 4.90 Å². The molecule has 25 heavy (non-hydrogen) atoms. The number of ether oxygens (including phenoxy) is 2. The van der Waals surface area contributed by atoms with E-state index in [1.54, 1.807) is 33.9 Å². The second kappa shape index (κ2) is 7.40. The Morgan fingerprint density at radius 1 is 1.48 bits per heavy atom. The molecule has 0 saturated carbocycles. The maximum atomic E-state index is 12.0. The lowest BCUT2D eigenvalue weighted by Crippen LogP contribution is -2.57. The summed E-state index contributed by atoms with van der Waals surface area (Å²) in [5.74, 6) is -0.478. The van der Waals surface area contributed by atoms with Gasteiger partial charge in [-0.1, -0.05) is 5.16 Å². The summed E-state index contributed by atoms with van der Waals surface area (Å²) in [6.45, 7) is 6.60. The Labute approximate surface area is 146 Å². The van der Waals surface area contributed by atoms with Gasteiger partial charge in [0.25, 0.3) is 0 Å². The third-order valence-corrected chi connectivity index (χ3v) is 3.78. The van der Waals surface area contributed by atoms with E-state index in [0.29, 0.717) is 31.2 Å². The van der Waals surface area contributed by atoms with E-state index in [1.165, 1.54) is 0 Å². The summed E-state index contributed by atoms with van der Waals surface area (Å²) in [6, 6.07) is 1.77. The van der Waals surface area contributed by atoms with Crippen molar-refractivity contribution >= 4 is 12.1 Å². The lowest BCUT2D eigenvalue weighted by atomic mass is 9.99. The molecule has 1 atom stereocenters. The number of nitrogens with zero attached hydrogens (tertiary/aromatic N) is 2. The van der Waals surface area contributed by atoms with Crippen molar-refractivity contribution in [2.24, 2.45) is 0 Å². The molecule has 2 heterocycles. The van der Waals surface area contributed by atoms with Gasteiger partial charge in [-0.25, -0.2) is 9.59 Å². The Balaban J connectivity index is 1.99. The molecule has 1 aliphatic rings. The van der Waals surface area contributed by atoms with Crippen molar-refractivity contribution in [3.05, 3.63) is 17.5 Å². The number of carbonyl (C=O) groups is 2. The van der Waals surface area contributed by atoms with Crippen molar-refractivity contribution in [1.29, 1.82) is 0 Å². The molecular formula is C16H25N3O6. The Hall–Kier alpha value is -2.13. The van der Waals surface area contributed by atoms with Gasteiger partial charge in [-0.3, -0.25) is 4.90 Å². The number of hydrogen-bond donors (Lipinski definition) is 2. The first-order chi connectivity index (χ1) is 11.6. The molecule has 0 bridgehead atoms. The highest BCUT2D eigenvalue weighted by molar-refractivity contribution is 5.85. The predicted octanol–water partition coefficient (Wildman–Crippen LogP) is 1.37. The number of hydrogen-bond acceptors (Lipinski definition) is 7.